The summed E-state index contributed by atoms with van der Waals surface area (Å²) in [5.74, 6) is -0.342. The Morgan fingerprint density at radius 1 is 1.29 bits per heavy atom. The molecule has 112 valence electrons. The molecule has 0 aromatic heterocycles. The summed E-state index contributed by atoms with van der Waals surface area (Å²) in [5, 5.41) is 16.9. The van der Waals surface area contributed by atoms with Gasteiger partial charge in [0.1, 0.15) is 0 Å². The topological polar surface area (TPSA) is 90.5 Å². The van der Waals surface area contributed by atoms with Crippen molar-refractivity contribution < 1.29 is 14.7 Å². The number of aliphatic hydroxyl groups is 1. The number of para-hydroxylation sites is 1. The molecule has 0 spiro atoms. The molecule has 2 amide bonds. The molecule has 1 saturated carbocycles. The molecule has 0 saturated heterocycles. The summed E-state index contributed by atoms with van der Waals surface area (Å²) < 4.78 is 0. The molecule has 0 heterocycles. The Balaban J connectivity index is 2.00. The van der Waals surface area contributed by atoms with Crippen LogP contribution in [0.15, 0.2) is 24.3 Å². The zero-order chi connectivity index (χ0) is 15.2. The summed E-state index contributed by atoms with van der Waals surface area (Å²) in [6.07, 6.45) is 1.79. The SMILES string of the molecule is O=C(NCCO)c1ccccc1NC(=S)NC(=O)C1CC1. The highest BCUT2D eigenvalue weighted by molar-refractivity contribution is 7.80. The van der Waals surface area contributed by atoms with E-state index in [4.69, 9.17) is 17.3 Å². The van der Waals surface area contributed by atoms with E-state index in [1.807, 2.05) is 0 Å². The van der Waals surface area contributed by atoms with Gasteiger partial charge in [0.05, 0.1) is 17.9 Å². The minimum Gasteiger partial charge on any atom is -0.395 e. The van der Waals surface area contributed by atoms with Crippen LogP contribution >= 0.6 is 12.2 Å². The number of rotatable bonds is 5. The first kappa shape index (κ1) is 15.4. The number of hydrogen-bond acceptors (Lipinski definition) is 4. The number of carbonyl (C=O) groups is 2. The van der Waals surface area contributed by atoms with Gasteiger partial charge in [-0.2, -0.15) is 0 Å². The van der Waals surface area contributed by atoms with Crippen LogP contribution in [0.3, 0.4) is 0 Å². The Bertz CT molecular complexity index is 558. The first-order chi connectivity index (χ1) is 10.1. The number of benzene rings is 1. The van der Waals surface area contributed by atoms with Crippen LogP contribution in [0, 0.1) is 5.92 Å². The molecule has 6 nitrogen and oxygen atoms in total. The molecule has 1 aliphatic carbocycles. The number of carbonyl (C=O) groups excluding carboxylic acids is 2. The van der Waals surface area contributed by atoms with Crippen molar-refractivity contribution in [1.29, 1.82) is 0 Å². The number of aliphatic hydroxyl groups excluding tert-OH is 1. The van der Waals surface area contributed by atoms with Gasteiger partial charge in [0.25, 0.3) is 5.91 Å². The minimum atomic E-state index is -0.316. The Morgan fingerprint density at radius 2 is 2.00 bits per heavy atom. The van der Waals surface area contributed by atoms with Gasteiger partial charge < -0.3 is 21.1 Å². The van der Waals surface area contributed by atoms with Gasteiger partial charge in [0.2, 0.25) is 5.91 Å². The molecule has 0 aliphatic heterocycles. The lowest BCUT2D eigenvalue weighted by molar-refractivity contribution is -0.120. The summed E-state index contributed by atoms with van der Waals surface area (Å²) in [4.78, 5) is 23.6. The van der Waals surface area contributed by atoms with Gasteiger partial charge in [-0.1, -0.05) is 12.1 Å². The van der Waals surface area contributed by atoms with Gasteiger partial charge in [-0.05, 0) is 37.2 Å². The second-order valence-corrected chi connectivity index (χ2v) is 5.15. The van der Waals surface area contributed by atoms with E-state index in [1.165, 1.54) is 0 Å². The first-order valence-corrected chi connectivity index (χ1v) is 7.12. The third kappa shape index (κ3) is 4.51. The van der Waals surface area contributed by atoms with Crippen molar-refractivity contribution in [1.82, 2.24) is 10.6 Å². The smallest absolute Gasteiger partial charge is 0.253 e. The van der Waals surface area contributed by atoms with E-state index in [0.717, 1.165) is 12.8 Å². The van der Waals surface area contributed by atoms with E-state index in [0.29, 0.717) is 11.3 Å². The summed E-state index contributed by atoms with van der Waals surface area (Å²) in [6, 6.07) is 6.82. The zero-order valence-electron chi connectivity index (χ0n) is 11.4. The van der Waals surface area contributed by atoms with Crippen LogP contribution in [-0.2, 0) is 4.79 Å². The standard InChI is InChI=1S/C14H17N3O3S/c18-8-7-15-13(20)10-3-1-2-4-11(10)16-14(21)17-12(19)9-5-6-9/h1-4,9,18H,5-8H2,(H,15,20)(H2,16,17,19,21). The number of amides is 2. The van der Waals surface area contributed by atoms with Crippen LogP contribution in [0.2, 0.25) is 0 Å². The molecule has 1 aromatic carbocycles. The van der Waals surface area contributed by atoms with Crippen molar-refractivity contribution in [2.45, 2.75) is 12.8 Å². The normalized spacial score (nSPS) is 13.4. The Hall–Kier alpha value is -1.99. The van der Waals surface area contributed by atoms with Gasteiger partial charge in [-0.25, -0.2) is 0 Å². The average molecular weight is 307 g/mol. The van der Waals surface area contributed by atoms with Gasteiger partial charge >= 0.3 is 0 Å². The molecule has 0 atom stereocenters. The minimum absolute atomic E-state index is 0.0628. The molecule has 0 unspecified atom stereocenters. The lowest BCUT2D eigenvalue weighted by Crippen LogP contribution is -2.36. The maximum Gasteiger partial charge on any atom is 0.253 e. The molecule has 21 heavy (non-hydrogen) atoms. The number of anilines is 1. The summed E-state index contributed by atoms with van der Waals surface area (Å²) in [6.45, 7) is 0.0488. The molecule has 1 aliphatic rings. The Kier molecular flexibility index (Phi) is 5.24. The number of hydrogen-bond donors (Lipinski definition) is 4. The first-order valence-electron chi connectivity index (χ1n) is 6.71. The van der Waals surface area contributed by atoms with Crippen molar-refractivity contribution in [3.63, 3.8) is 0 Å². The quantitative estimate of drug-likeness (QED) is 0.599. The van der Waals surface area contributed by atoms with Gasteiger partial charge in [-0.15, -0.1) is 0 Å². The summed E-state index contributed by atoms with van der Waals surface area (Å²) >= 11 is 5.08. The lowest BCUT2D eigenvalue weighted by atomic mass is 10.1. The molecular formula is C14H17N3O3S. The van der Waals surface area contributed by atoms with Crippen LogP contribution in [0.1, 0.15) is 23.2 Å². The highest BCUT2D eigenvalue weighted by Crippen LogP contribution is 2.28. The zero-order valence-corrected chi connectivity index (χ0v) is 12.2. The van der Waals surface area contributed by atoms with Crippen LogP contribution < -0.4 is 16.0 Å². The predicted octanol–water partition coefficient (Wildman–Crippen LogP) is 0.632. The van der Waals surface area contributed by atoms with E-state index >= 15 is 0 Å². The van der Waals surface area contributed by atoms with Crippen molar-refractivity contribution in [2.24, 2.45) is 5.92 Å². The molecule has 2 rings (SSSR count). The highest BCUT2D eigenvalue weighted by atomic mass is 32.1. The second-order valence-electron chi connectivity index (χ2n) is 4.74. The number of thiocarbonyl (C=S) groups is 1. The van der Waals surface area contributed by atoms with E-state index in [9.17, 15) is 9.59 Å². The van der Waals surface area contributed by atoms with Crippen molar-refractivity contribution in [3.8, 4) is 0 Å². The Morgan fingerprint density at radius 3 is 2.67 bits per heavy atom. The van der Waals surface area contributed by atoms with Crippen LogP contribution in [0.4, 0.5) is 5.69 Å². The molecule has 0 bridgehead atoms. The van der Waals surface area contributed by atoms with Crippen molar-refractivity contribution in [2.75, 3.05) is 18.5 Å². The fourth-order valence-electron chi connectivity index (χ4n) is 1.77. The van der Waals surface area contributed by atoms with E-state index < -0.39 is 0 Å². The lowest BCUT2D eigenvalue weighted by Gasteiger charge is -2.13. The average Bonchev–Trinajstić information content (AvgIpc) is 3.29. The molecule has 1 aromatic rings. The monoisotopic (exact) mass is 307 g/mol. The molecular weight excluding hydrogens is 290 g/mol. The third-order valence-corrected chi connectivity index (χ3v) is 3.21. The number of nitrogens with one attached hydrogen (secondary N) is 3. The van der Waals surface area contributed by atoms with Gasteiger partial charge in [0, 0.05) is 12.5 Å². The van der Waals surface area contributed by atoms with Gasteiger partial charge in [-0.3, -0.25) is 9.59 Å². The van der Waals surface area contributed by atoms with Crippen LogP contribution in [0.5, 0.6) is 0 Å². The summed E-state index contributed by atoms with van der Waals surface area (Å²) in [7, 11) is 0. The second kappa shape index (κ2) is 7.14. The van der Waals surface area contributed by atoms with E-state index in [1.54, 1.807) is 24.3 Å². The summed E-state index contributed by atoms with van der Waals surface area (Å²) in [5.41, 5.74) is 0.906. The maximum atomic E-state index is 12.0. The fraction of sp³-hybridized carbons (Fsp3) is 0.357. The largest absolute Gasteiger partial charge is 0.395 e. The van der Waals surface area contributed by atoms with Crippen LogP contribution in [-0.4, -0.2) is 35.2 Å². The van der Waals surface area contributed by atoms with Gasteiger partial charge in [0.15, 0.2) is 5.11 Å². The van der Waals surface area contributed by atoms with E-state index in [-0.39, 0.29) is 36.0 Å². The fourth-order valence-corrected chi connectivity index (χ4v) is 1.98. The Labute approximate surface area is 127 Å². The van der Waals surface area contributed by atoms with Crippen molar-refractivity contribution >= 4 is 34.8 Å². The van der Waals surface area contributed by atoms with E-state index in [2.05, 4.69) is 16.0 Å². The molecule has 0 radical (unpaired) electrons. The third-order valence-electron chi connectivity index (χ3n) is 3.00. The molecule has 4 N–H and O–H groups in total. The van der Waals surface area contributed by atoms with Crippen LogP contribution in [0.25, 0.3) is 0 Å². The molecule has 7 heteroatoms. The van der Waals surface area contributed by atoms with Crippen molar-refractivity contribution in [3.05, 3.63) is 29.8 Å². The predicted molar refractivity (Wildman–Crippen MR) is 82.9 cm³/mol. The highest BCUT2D eigenvalue weighted by Gasteiger charge is 2.30. The molecule has 1 fully saturated rings. The maximum absolute atomic E-state index is 12.0.